The number of alkyl halides is 3. The molecular weight excluding hydrogens is 454 g/mol. The van der Waals surface area contributed by atoms with Crippen molar-refractivity contribution in [2.75, 3.05) is 5.32 Å². The number of nitrogens with one attached hydrogen (secondary N) is 1. The summed E-state index contributed by atoms with van der Waals surface area (Å²) in [6.07, 6.45) is -1.85. The molecule has 0 spiro atoms. The van der Waals surface area contributed by atoms with E-state index in [1.807, 2.05) is 0 Å². The molecule has 0 aliphatic carbocycles. The lowest BCUT2D eigenvalue weighted by molar-refractivity contribution is -0.141. The molecule has 0 saturated carbocycles. The summed E-state index contributed by atoms with van der Waals surface area (Å²) in [5.74, 6) is -0.623. The van der Waals surface area contributed by atoms with Crippen molar-refractivity contribution < 1.29 is 27.4 Å². The van der Waals surface area contributed by atoms with Gasteiger partial charge in [-0.05, 0) is 44.2 Å². The molecule has 0 aliphatic rings. The Morgan fingerprint density at radius 2 is 1.74 bits per heavy atom. The Morgan fingerprint density at radius 3 is 2.38 bits per heavy atom. The number of rotatable bonds is 6. The van der Waals surface area contributed by atoms with Crippen molar-refractivity contribution in [3.8, 4) is 17.3 Å². The third kappa shape index (κ3) is 5.15. The Bertz CT molecular complexity index is 1300. The van der Waals surface area contributed by atoms with Crippen LogP contribution in [0.4, 0.5) is 29.1 Å². The molecule has 4 rings (SSSR count). The van der Waals surface area contributed by atoms with Gasteiger partial charge in [-0.1, -0.05) is 12.1 Å². The van der Waals surface area contributed by atoms with Gasteiger partial charge >= 0.3 is 6.18 Å². The third-order valence-electron chi connectivity index (χ3n) is 4.66. The molecule has 2 N–H and O–H groups in total. The molecule has 3 heterocycles. The number of aromatic nitrogens is 4. The number of pyridine rings is 2. The van der Waals surface area contributed by atoms with Crippen molar-refractivity contribution in [3.05, 3.63) is 84.2 Å². The van der Waals surface area contributed by atoms with Crippen LogP contribution in [0.5, 0.6) is 11.6 Å². The summed E-state index contributed by atoms with van der Waals surface area (Å²) in [4.78, 5) is 8.35. The Labute approximate surface area is 191 Å². The molecule has 7 nitrogen and oxygen atoms in total. The molecule has 176 valence electrons. The van der Waals surface area contributed by atoms with Crippen molar-refractivity contribution >= 4 is 11.5 Å². The van der Waals surface area contributed by atoms with Gasteiger partial charge in [0.1, 0.15) is 28.7 Å². The fraction of sp³-hybridized carbons (Fsp3) is 0.174. The molecule has 0 fully saturated rings. The van der Waals surface area contributed by atoms with Crippen molar-refractivity contribution in [2.45, 2.75) is 25.6 Å². The van der Waals surface area contributed by atoms with Gasteiger partial charge in [0, 0.05) is 18.3 Å². The van der Waals surface area contributed by atoms with Crippen LogP contribution in [0.3, 0.4) is 0 Å². The van der Waals surface area contributed by atoms with Crippen LogP contribution in [0.15, 0.2) is 67.0 Å². The number of hydrogen-bond acceptors (Lipinski definition) is 6. The van der Waals surface area contributed by atoms with Gasteiger partial charge in [-0.3, -0.25) is 4.98 Å². The van der Waals surface area contributed by atoms with Gasteiger partial charge < -0.3 is 15.2 Å². The lowest BCUT2D eigenvalue weighted by Crippen LogP contribution is -2.17. The molecular formula is C23H19F4N5O2. The number of ether oxygens (including phenoxy) is 1. The number of aliphatic hydroxyl groups is 1. The lowest BCUT2D eigenvalue weighted by Gasteiger charge is -2.16. The fourth-order valence-corrected chi connectivity index (χ4v) is 3.01. The first kappa shape index (κ1) is 23.2. The van der Waals surface area contributed by atoms with Gasteiger partial charge in [-0.2, -0.15) is 23.0 Å². The van der Waals surface area contributed by atoms with Crippen LogP contribution < -0.4 is 10.1 Å². The van der Waals surface area contributed by atoms with E-state index in [-0.39, 0.29) is 17.3 Å². The minimum atomic E-state index is -4.75. The van der Waals surface area contributed by atoms with Crippen LogP contribution in [-0.4, -0.2) is 24.9 Å². The zero-order valence-electron chi connectivity index (χ0n) is 18.0. The van der Waals surface area contributed by atoms with Crippen LogP contribution in [0.1, 0.15) is 25.2 Å². The average Bonchev–Trinajstić information content (AvgIpc) is 3.18. The maximum absolute atomic E-state index is 14.3. The highest BCUT2D eigenvalue weighted by molar-refractivity contribution is 5.56. The number of halogens is 4. The molecule has 34 heavy (non-hydrogen) atoms. The zero-order chi connectivity index (χ0) is 24.5. The minimum Gasteiger partial charge on any atom is -0.439 e. The maximum atomic E-state index is 14.3. The Hall–Kier alpha value is -3.99. The molecule has 0 atom stereocenters. The highest BCUT2D eigenvalue weighted by Gasteiger charge is 2.36. The highest BCUT2D eigenvalue weighted by atomic mass is 19.4. The van der Waals surface area contributed by atoms with Crippen LogP contribution in [-0.2, 0) is 11.8 Å². The molecule has 0 radical (unpaired) electrons. The lowest BCUT2D eigenvalue weighted by atomic mass is 10.1. The first-order valence-corrected chi connectivity index (χ1v) is 10.0. The average molecular weight is 473 g/mol. The van der Waals surface area contributed by atoms with Gasteiger partial charge in [-0.15, -0.1) is 0 Å². The van der Waals surface area contributed by atoms with E-state index in [0.717, 1.165) is 10.7 Å². The quantitative estimate of drug-likeness (QED) is 0.356. The van der Waals surface area contributed by atoms with Gasteiger partial charge in [0.25, 0.3) is 0 Å². The second-order valence-corrected chi connectivity index (χ2v) is 7.82. The van der Waals surface area contributed by atoms with E-state index in [9.17, 15) is 22.7 Å². The normalized spacial score (nSPS) is 12.0. The summed E-state index contributed by atoms with van der Waals surface area (Å²) in [5.41, 5.74) is -1.48. The molecule has 0 saturated heterocycles. The molecule has 0 aliphatic heterocycles. The monoisotopic (exact) mass is 473 g/mol. The van der Waals surface area contributed by atoms with E-state index in [0.29, 0.717) is 23.3 Å². The molecule has 11 heteroatoms. The summed E-state index contributed by atoms with van der Waals surface area (Å²) in [7, 11) is 0. The maximum Gasteiger partial charge on any atom is 0.435 e. The van der Waals surface area contributed by atoms with Crippen molar-refractivity contribution in [1.82, 2.24) is 19.7 Å². The standard InChI is InChI=1S/C23H19F4N5O2/c1-22(2,33)18-8-7-14(13-29-18)30-20-11-15(9-10-28-20)34-21-12-19(23(25,26)27)31-32(21)17-6-4-3-5-16(17)24/h3-13,33H,1-2H3,(H,28,30). The molecule has 0 amide bonds. The minimum absolute atomic E-state index is 0.143. The number of para-hydroxylation sites is 1. The van der Waals surface area contributed by atoms with Crippen molar-refractivity contribution in [1.29, 1.82) is 0 Å². The summed E-state index contributed by atoms with van der Waals surface area (Å²) in [6.45, 7) is 3.22. The Balaban J connectivity index is 1.62. The number of benzene rings is 1. The van der Waals surface area contributed by atoms with Gasteiger partial charge in [0.05, 0.1) is 17.6 Å². The molecule has 4 aromatic rings. The molecule has 0 unspecified atom stereocenters. The summed E-state index contributed by atoms with van der Waals surface area (Å²) in [5, 5.41) is 16.5. The second-order valence-electron chi connectivity index (χ2n) is 7.82. The first-order valence-electron chi connectivity index (χ1n) is 10.0. The SMILES string of the molecule is CC(C)(O)c1ccc(Nc2cc(Oc3cc(C(F)(F)F)nn3-c3ccccc3F)ccn2)cn1. The summed E-state index contributed by atoms with van der Waals surface area (Å²) in [6, 6.07) is 12.2. The summed E-state index contributed by atoms with van der Waals surface area (Å²) < 4.78 is 60.5. The van der Waals surface area contributed by atoms with E-state index >= 15 is 0 Å². The molecule has 1 aromatic carbocycles. The largest absolute Gasteiger partial charge is 0.439 e. The van der Waals surface area contributed by atoms with Crippen LogP contribution in [0, 0.1) is 5.82 Å². The van der Waals surface area contributed by atoms with Crippen LogP contribution in [0.25, 0.3) is 5.69 Å². The first-order chi connectivity index (χ1) is 16.0. The predicted molar refractivity (Wildman–Crippen MR) is 116 cm³/mol. The van der Waals surface area contributed by atoms with Gasteiger partial charge in [0.2, 0.25) is 5.88 Å². The topological polar surface area (TPSA) is 85.1 Å². The third-order valence-corrected chi connectivity index (χ3v) is 4.66. The van der Waals surface area contributed by atoms with Crippen LogP contribution >= 0.6 is 0 Å². The highest BCUT2D eigenvalue weighted by Crippen LogP contribution is 2.34. The van der Waals surface area contributed by atoms with Crippen molar-refractivity contribution in [3.63, 3.8) is 0 Å². The number of hydrogen-bond donors (Lipinski definition) is 2. The fourth-order valence-electron chi connectivity index (χ4n) is 3.01. The molecule has 0 bridgehead atoms. The number of anilines is 2. The zero-order valence-corrected chi connectivity index (χ0v) is 18.0. The van der Waals surface area contributed by atoms with Crippen molar-refractivity contribution in [2.24, 2.45) is 0 Å². The smallest absolute Gasteiger partial charge is 0.435 e. The van der Waals surface area contributed by atoms with Crippen LogP contribution in [0.2, 0.25) is 0 Å². The Morgan fingerprint density at radius 1 is 0.971 bits per heavy atom. The van der Waals surface area contributed by atoms with E-state index in [4.69, 9.17) is 4.74 Å². The van der Waals surface area contributed by atoms with Gasteiger partial charge in [0.15, 0.2) is 5.69 Å². The summed E-state index contributed by atoms with van der Waals surface area (Å²) >= 11 is 0. The van der Waals surface area contributed by atoms with E-state index in [1.54, 1.807) is 26.0 Å². The predicted octanol–water partition coefficient (Wildman–Crippen LogP) is 5.58. The van der Waals surface area contributed by atoms with E-state index in [1.165, 1.54) is 42.7 Å². The Kier molecular flexibility index (Phi) is 5.96. The number of nitrogens with zero attached hydrogens (tertiary/aromatic N) is 4. The molecule has 3 aromatic heterocycles. The van der Waals surface area contributed by atoms with E-state index < -0.39 is 23.3 Å². The second kappa shape index (κ2) is 8.75. The van der Waals surface area contributed by atoms with E-state index in [2.05, 4.69) is 20.4 Å². The van der Waals surface area contributed by atoms with Gasteiger partial charge in [-0.25, -0.2) is 9.37 Å².